The van der Waals surface area contributed by atoms with Crippen LogP contribution in [0, 0.1) is 0 Å². The van der Waals surface area contributed by atoms with Crippen LogP contribution in [0.4, 0.5) is 0 Å². The first kappa shape index (κ1) is 58.3. The van der Waals surface area contributed by atoms with Crippen LogP contribution in [-0.2, 0) is 31.9 Å². The lowest BCUT2D eigenvalue weighted by Crippen LogP contribution is -2.55. The average Bonchev–Trinajstić information content (AvgIpc) is 3.27. The van der Waals surface area contributed by atoms with Crippen molar-refractivity contribution in [2.45, 2.75) is 252 Å². The number of esters is 2. The molecule has 63 heavy (non-hydrogen) atoms. The molecule has 362 valence electrons. The lowest BCUT2D eigenvalue weighted by molar-refractivity contribution is -0.168. The number of aliphatic hydroxyl groups is 1. The van der Waals surface area contributed by atoms with Crippen molar-refractivity contribution in [1.82, 2.24) is 10.2 Å². The van der Waals surface area contributed by atoms with E-state index in [1.807, 2.05) is 36.4 Å². The van der Waals surface area contributed by atoms with Gasteiger partial charge in [0, 0.05) is 19.6 Å². The maximum absolute atomic E-state index is 13.1. The van der Waals surface area contributed by atoms with Gasteiger partial charge >= 0.3 is 11.9 Å². The number of benzene rings is 2. The molecule has 4 rings (SSSR count). The Morgan fingerprint density at radius 2 is 0.968 bits per heavy atom. The minimum atomic E-state index is -0.381. The van der Waals surface area contributed by atoms with Gasteiger partial charge in [-0.15, -0.1) is 0 Å². The number of carbonyl (C=O) groups excluding carboxylic acids is 2. The van der Waals surface area contributed by atoms with Gasteiger partial charge in [0.2, 0.25) is 0 Å². The predicted molar refractivity (Wildman–Crippen MR) is 268 cm³/mol. The molecule has 5 unspecified atom stereocenters. The van der Waals surface area contributed by atoms with Gasteiger partial charge in [0.15, 0.2) is 0 Å². The van der Waals surface area contributed by atoms with Crippen LogP contribution in [0.15, 0.2) is 60.7 Å². The summed E-state index contributed by atoms with van der Waals surface area (Å²) in [7, 11) is 0. The fourth-order valence-corrected chi connectivity index (χ4v) is 8.92. The molecule has 7 heteroatoms. The molecule has 2 saturated heterocycles. The molecule has 2 fully saturated rings. The van der Waals surface area contributed by atoms with Crippen LogP contribution < -0.4 is 5.32 Å². The van der Waals surface area contributed by atoms with Crippen molar-refractivity contribution in [3.05, 3.63) is 71.8 Å². The molecule has 2 N–H and O–H groups in total. The summed E-state index contributed by atoms with van der Waals surface area (Å²) in [5.41, 5.74) is 2.32. The SMILES string of the molecule is C.C.CCCCCCCCCCC(O)CN1CC(CCCCCCCCCC)OC(=O)C1Cc1ccccc1.CCCCCCCCCCC1CNC(Cc2ccccc2)C(=O)O1. The normalized spacial score (nSPS) is 19.2. The number of rotatable bonds is 33. The molecule has 2 aromatic rings. The highest BCUT2D eigenvalue weighted by Crippen LogP contribution is 2.23. The van der Waals surface area contributed by atoms with Crippen LogP contribution >= 0.6 is 0 Å². The van der Waals surface area contributed by atoms with E-state index in [0.717, 1.165) is 57.2 Å². The molecular weight excluding hydrogens is 781 g/mol. The summed E-state index contributed by atoms with van der Waals surface area (Å²) in [5, 5.41) is 14.2. The van der Waals surface area contributed by atoms with E-state index in [0.29, 0.717) is 19.4 Å². The zero-order valence-corrected chi connectivity index (χ0v) is 39.3. The van der Waals surface area contributed by atoms with Crippen LogP contribution in [-0.4, -0.2) is 72.0 Å². The summed E-state index contributed by atoms with van der Waals surface area (Å²) in [5.74, 6) is -0.200. The largest absolute Gasteiger partial charge is 0.460 e. The first-order chi connectivity index (χ1) is 29.9. The minimum absolute atomic E-state index is 0. The number of aliphatic hydroxyl groups excluding tert-OH is 1. The van der Waals surface area contributed by atoms with Crippen molar-refractivity contribution >= 4 is 11.9 Å². The van der Waals surface area contributed by atoms with E-state index >= 15 is 0 Å². The summed E-state index contributed by atoms with van der Waals surface area (Å²) >= 11 is 0. The Labute approximate surface area is 388 Å². The van der Waals surface area contributed by atoms with Gasteiger partial charge in [-0.3, -0.25) is 14.5 Å². The molecule has 0 amide bonds. The molecule has 7 nitrogen and oxygen atoms in total. The second kappa shape index (κ2) is 38.5. The third-order valence-electron chi connectivity index (χ3n) is 12.7. The van der Waals surface area contributed by atoms with Gasteiger partial charge < -0.3 is 19.9 Å². The van der Waals surface area contributed by atoms with Gasteiger partial charge in [0.1, 0.15) is 24.3 Å². The smallest absolute Gasteiger partial charge is 0.324 e. The molecule has 5 atom stereocenters. The number of hydrogen-bond donors (Lipinski definition) is 2. The predicted octanol–water partition coefficient (Wildman–Crippen LogP) is 14.2. The quantitative estimate of drug-likeness (QED) is 0.0545. The number of ether oxygens (including phenoxy) is 2. The van der Waals surface area contributed by atoms with Crippen LogP contribution in [0.25, 0.3) is 0 Å². The number of unbranched alkanes of at least 4 members (excludes halogenated alkanes) is 21. The van der Waals surface area contributed by atoms with Crippen LogP contribution in [0.5, 0.6) is 0 Å². The molecule has 0 saturated carbocycles. The molecule has 0 bridgehead atoms. The number of nitrogens with one attached hydrogen (secondary N) is 1. The molecule has 2 aliphatic heterocycles. The topological polar surface area (TPSA) is 88.1 Å². The van der Waals surface area contributed by atoms with Crippen molar-refractivity contribution in [3.8, 4) is 0 Å². The van der Waals surface area contributed by atoms with E-state index < -0.39 is 0 Å². The van der Waals surface area contributed by atoms with E-state index in [4.69, 9.17) is 9.47 Å². The summed E-state index contributed by atoms with van der Waals surface area (Å²) in [4.78, 5) is 27.5. The summed E-state index contributed by atoms with van der Waals surface area (Å²) in [6.07, 6.45) is 34.7. The summed E-state index contributed by atoms with van der Waals surface area (Å²) in [6.45, 7) is 8.87. The number of hydrogen-bond acceptors (Lipinski definition) is 7. The van der Waals surface area contributed by atoms with Crippen molar-refractivity contribution in [2.75, 3.05) is 19.6 Å². The van der Waals surface area contributed by atoms with Crippen LogP contribution in [0.1, 0.15) is 220 Å². The van der Waals surface area contributed by atoms with E-state index in [2.05, 4.69) is 55.3 Å². The van der Waals surface area contributed by atoms with E-state index in [1.165, 1.54) is 140 Å². The molecule has 0 aromatic heterocycles. The number of morpholine rings is 2. The molecule has 0 aliphatic carbocycles. The van der Waals surface area contributed by atoms with Crippen molar-refractivity contribution < 1.29 is 24.2 Å². The maximum Gasteiger partial charge on any atom is 0.324 e. The van der Waals surface area contributed by atoms with Crippen molar-refractivity contribution in [1.29, 1.82) is 0 Å². The first-order valence-corrected chi connectivity index (χ1v) is 25.6. The van der Waals surface area contributed by atoms with Gasteiger partial charge in [0.05, 0.1) is 6.10 Å². The van der Waals surface area contributed by atoms with E-state index in [1.54, 1.807) is 0 Å². The molecule has 0 radical (unpaired) electrons. The Kier molecular flexibility index (Phi) is 35.6. The Balaban J connectivity index is 0.000000662. The number of β-amino-alcohol motifs (C(OH)–C–C–N with tert-alkyl or cyclic N) is 1. The molecule has 0 spiro atoms. The Bertz CT molecular complexity index is 1340. The number of carbonyl (C=O) groups is 2. The Morgan fingerprint density at radius 1 is 0.556 bits per heavy atom. The third kappa shape index (κ3) is 27.4. The standard InChI is InChI=1S/C33H57NO3.C21H33NO2.2CH4/c1-3-5-7-9-11-13-15-20-24-30(35)27-34-28-31(25-21-16-14-12-10-8-6-4-2)37-33(36)32(34)26-29-22-18-17-19-23-29;1-2-3-4-5-6-7-8-12-15-19-17-22-20(21(23)24-19)16-18-13-10-9-11-14-18;;/h17-19,22-23,30-32,35H,3-16,20-21,24-28H2,1-2H3;9-11,13-14,19-20,22H,2-8,12,15-17H2,1H3;2*1H4. The zero-order chi connectivity index (χ0) is 43.6. The fourth-order valence-electron chi connectivity index (χ4n) is 8.92. The van der Waals surface area contributed by atoms with E-state index in [-0.39, 0.29) is 57.2 Å². The lowest BCUT2D eigenvalue weighted by atomic mass is 9.99. The monoisotopic (exact) mass is 879 g/mol. The molecule has 2 aliphatic rings. The van der Waals surface area contributed by atoms with Gasteiger partial charge in [0.25, 0.3) is 0 Å². The maximum atomic E-state index is 13.1. The zero-order valence-electron chi connectivity index (χ0n) is 39.3. The highest BCUT2D eigenvalue weighted by atomic mass is 16.6. The van der Waals surface area contributed by atoms with Gasteiger partial charge in [-0.1, -0.05) is 238 Å². The first-order valence-electron chi connectivity index (χ1n) is 25.6. The van der Waals surface area contributed by atoms with Crippen LogP contribution in [0.3, 0.4) is 0 Å². The van der Waals surface area contributed by atoms with Gasteiger partial charge in [-0.25, -0.2) is 0 Å². The average molecular weight is 879 g/mol. The molecular formula is C56H98N2O5. The van der Waals surface area contributed by atoms with E-state index in [9.17, 15) is 14.7 Å². The second-order valence-electron chi connectivity index (χ2n) is 18.4. The summed E-state index contributed by atoms with van der Waals surface area (Å²) in [6, 6.07) is 19.8. The number of nitrogens with zero attached hydrogens (tertiary/aromatic N) is 1. The number of cyclic esters (lactones) is 2. The van der Waals surface area contributed by atoms with Gasteiger partial charge in [-0.05, 0) is 56.1 Å². The third-order valence-corrected chi connectivity index (χ3v) is 12.7. The minimum Gasteiger partial charge on any atom is -0.460 e. The molecule has 2 heterocycles. The highest BCUT2D eigenvalue weighted by Gasteiger charge is 2.37. The van der Waals surface area contributed by atoms with Gasteiger partial charge in [-0.2, -0.15) is 0 Å². The lowest BCUT2D eigenvalue weighted by Gasteiger charge is -2.39. The Hall–Kier alpha value is -2.74. The van der Waals surface area contributed by atoms with Crippen molar-refractivity contribution in [2.24, 2.45) is 0 Å². The van der Waals surface area contributed by atoms with Crippen molar-refractivity contribution in [3.63, 3.8) is 0 Å². The molecule has 2 aromatic carbocycles. The highest BCUT2D eigenvalue weighted by molar-refractivity contribution is 5.77. The fraction of sp³-hybridized carbons (Fsp3) is 0.750. The Morgan fingerprint density at radius 3 is 1.44 bits per heavy atom. The summed E-state index contributed by atoms with van der Waals surface area (Å²) < 4.78 is 11.6. The van der Waals surface area contributed by atoms with Crippen LogP contribution in [0.2, 0.25) is 0 Å². The second-order valence-corrected chi connectivity index (χ2v) is 18.4.